The van der Waals surface area contributed by atoms with Crippen molar-refractivity contribution in [2.75, 3.05) is 6.61 Å². The molecule has 0 aliphatic rings. The molecule has 2 aromatic rings. The molecule has 0 spiro atoms. The first kappa shape index (κ1) is 14.3. The molecule has 8 nitrogen and oxygen atoms in total. The van der Waals surface area contributed by atoms with Crippen LogP contribution in [0.15, 0.2) is 35.6 Å². The first-order valence-electron chi connectivity index (χ1n) is 5.72. The minimum absolute atomic E-state index is 0.00481. The van der Waals surface area contributed by atoms with E-state index in [0.29, 0.717) is 5.03 Å². The summed E-state index contributed by atoms with van der Waals surface area (Å²) in [5.41, 5.74) is 0. The molecule has 0 saturated heterocycles. The highest BCUT2D eigenvalue weighted by Crippen LogP contribution is 2.17. The van der Waals surface area contributed by atoms with E-state index in [1.165, 1.54) is 10.8 Å². The van der Waals surface area contributed by atoms with Gasteiger partial charge in [-0.05, 0) is 17.1 Å². The smallest absolute Gasteiger partial charge is 0.342 e. The van der Waals surface area contributed by atoms with Crippen molar-refractivity contribution in [1.82, 2.24) is 14.5 Å². The lowest BCUT2D eigenvalue weighted by atomic mass is 10.5. The van der Waals surface area contributed by atoms with Crippen LogP contribution in [-0.4, -0.2) is 35.4 Å². The van der Waals surface area contributed by atoms with Gasteiger partial charge >= 0.3 is 5.82 Å². The molecule has 1 unspecified atom stereocenters. The second kappa shape index (κ2) is 6.35. The Morgan fingerprint density at radius 3 is 2.80 bits per heavy atom. The van der Waals surface area contributed by atoms with Gasteiger partial charge in [-0.2, -0.15) is 0 Å². The number of imidazole rings is 1. The fraction of sp³-hybridized carbons (Fsp3) is 0.273. The number of aliphatic hydroxyl groups excluding tert-OH is 1. The molecular formula is C11H12N4O4S. The molecule has 0 fully saturated rings. The predicted molar refractivity (Wildman–Crippen MR) is 70.3 cm³/mol. The summed E-state index contributed by atoms with van der Waals surface area (Å²) in [6, 6.07) is 5.03. The third kappa shape index (κ3) is 3.06. The third-order valence-electron chi connectivity index (χ3n) is 2.56. The summed E-state index contributed by atoms with van der Waals surface area (Å²) >= 11 is 0. The van der Waals surface area contributed by atoms with Gasteiger partial charge in [0.1, 0.15) is 23.5 Å². The zero-order valence-corrected chi connectivity index (χ0v) is 11.2. The van der Waals surface area contributed by atoms with Crippen LogP contribution in [0, 0.1) is 10.1 Å². The minimum Gasteiger partial charge on any atom is -0.392 e. The molecule has 0 amide bonds. The Morgan fingerprint density at radius 2 is 2.20 bits per heavy atom. The molecule has 20 heavy (non-hydrogen) atoms. The summed E-state index contributed by atoms with van der Waals surface area (Å²) in [6.07, 6.45) is 2.62. The number of pyridine rings is 1. The SMILES string of the molecule is O=[N+]([O-])c1cnc(CS(=O)c2ccccn2)n1CCO. The molecular weight excluding hydrogens is 284 g/mol. The molecule has 0 aliphatic heterocycles. The topological polar surface area (TPSA) is 111 Å². The average molecular weight is 296 g/mol. The molecule has 9 heteroatoms. The fourth-order valence-electron chi connectivity index (χ4n) is 1.68. The summed E-state index contributed by atoms with van der Waals surface area (Å²) in [4.78, 5) is 18.1. The Balaban J connectivity index is 2.25. The van der Waals surface area contributed by atoms with Crippen LogP contribution in [-0.2, 0) is 23.1 Å². The van der Waals surface area contributed by atoms with Crippen LogP contribution in [0.2, 0.25) is 0 Å². The van der Waals surface area contributed by atoms with Crippen LogP contribution in [0.1, 0.15) is 5.82 Å². The maximum absolute atomic E-state index is 12.1. The number of nitrogens with zero attached hydrogens (tertiary/aromatic N) is 4. The number of aromatic nitrogens is 3. The summed E-state index contributed by atoms with van der Waals surface area (Å²) < 4.78 is 13.4. The van der Waals surface area contributed by atoms with Crippen LogP contribution in [0.5, 0.6) is 0 Å². The molecule has 106 valence electrons. The number of rotatable bonds is 6. The van der Waals surface area contributed by atoms with Gasteiger partial charge in [-0.15, -0.1) is 0 Å². The highest BCUT2D eigenvalue weighted by atomic mass is 32.2. The van der Waals surface area contributed by atoms with Crippen molar-refractivity contribution >= 4 is 16.6 Å². The van der Waals surface area contributed by atoms with E-state index in [2.05, 4.69) is 9.97 Å². The maximum atomic E-state index is 12.1. The lowest BCUT2D eigenvalue weighted by Crippen LogP contribution is -2.12. The summed E-state index contributed by atoms with van der Waals surface area (Å²) in [5, 5.41) is 20.2. The van der Waals surface area contributed by atoms with Gasteiger partial charge in [-0.25, -0.2) is 14.5 Å². The predicted octanol–water partition coefficient (Wildman–Crippen LogP) is 0.486. The normalized spacial score (nSPS) is 12.2. The number of hydrogen-bond acceptors (Lipinski definition) is 6. The largest absolute Gasteiger partial charge is 0.392 e. The first-order chi connectivity index (χ1) is 9.63. The molecule has 0 bridgehead atoms. The van der Waals surface area contributed by atoms with Gasteiger partial charge in [0.15, 0.2) is 0 Å². The second-order valence-corrected chi connectivity index (χ2v) is 5.22. The molecule has 2 heterocycles. The fourth-order valence-corrected chi connectivity index (χ4v) is 2.70. The summed E-state index contributed by atoms with van der Waals surface area (Å²) in [5.74, 6) is 0.0620. The van der Waals surface area contributed by atoms with Crippen molar-refractivity contribution in [3.8, 4) is 0 Å². The van der Waals surface area contributed by atoms with E-state index < -0.39 is 15.7 Å². The molecule has 0 saturated carbocycles. The Hall–Kier alpha value is -2.13. The van der Waals surface area contributed by atoms with E-state index in [1.54, 1.807) is 18.2 Å². The van der Waals surface area contributed by atoms with Gasteiger partial charge in [0.25, 0.3) is 0 Å². The number of aliphatic hydroxyl groups is 1. The van der Waals surface area contributed by atoms with Gasteiger partial charge in [-0.3, -0.25) is 4.21 Å². The monoisotopic (exact) mass is 296 g/mol. The van der Waals surface area contributed by atoms with Gasteiger partial charge in [0, 0.05) is 6.20 Å². The van der Waals surface area contributed by atoms with Crippen LogP contribution >= 0.6 is 0 Å². The van der Waals surface area contributed by atoms with Crippen LogP contribution in [0.3, 0.4) is 0 Å². The van der Waals surface area contributed by atoms with E-state index in [4.69, 9.17) is 5.11 Å². The van der Waals surface area contributed by atoms with Crippen molar-refractivity contribution in [3.63, 3.8) is 0 Å². The van der Waals surface area contributed by atoms with E-state index in [9.17, 15) is 14.3 Å². The molecule has 2 aromatic heterocycles. The summed E-state index contributed by atoms with van der Waals surface area (Å²) in [7, 11) is -1.45. The minimum atomic E-state index is -1.45. The van der Waals surface area contributed by atoms with Gasteiger partial charge in [0.2, 0.25) is 5.82 Å². The highest BCUT2D eigenvalue weighted by molar-refractivity contribution is 7.84. The van der Waals surface area contributed by atoms with Crippen LogP contribution < -0.4 is 0 Å². The number of hydrogen-bond donors (Lipinski definition) is 1. The first-order valence-corrected chi connectivity index (χ1v) is 7.04. The second-order valence-electron chi connectivity index (χ2n) is 3.82. The Morgan fingerprint density at radius 1 is 1.40 bits per heavy atom. The Kier molecular flexibility index (Phi) is 4.53. The zero-order valence-electron chi connectivity index (χ0n) is 10.4. The van der Waals surface area contributed by atoms with Gasteiger partial charge in [-0.1, -0.05) is 6.07 Å². The quantitative estimate of drug-likeness (QED) is 0.613. The van der Waals surface area contributed by atoms with Gasteiger partial charge in [0.05, 0.1) is 17.4 Å². The summed E-state index contributed by atoms with van der Waals surface area (Å²) in [6.45, 7) is -0.231. The lowest BCUT2D eigenvalue weighted by Gasteiger charge is -2.03. The Bertz CT molecular complexity index is 629. The highest BCUT2D eigenvalue weighted by Gasteiger charge is 2.22. The van der Waals surface area contributed by atoms with Crippen molar-refractivity contribution in [2.24, 2.45) is 0 Å². The average Bonchev–Trinajstić information content (AvgIpc) is 2.83. The molecule has 2 rings (SSSR count). The molecule has 0 radical (unpaired) electrons. The van der Waals surface area contributed by atoms with Crippen molar-refractivity contribution in [1.29, 1.82) is 0 Å². The van der Waals surface area contributed by atoms with Gasteiger partial charge < -0.3 is 15.2 Å². The van der Waals surface area contributed by atoms with Crippen molar-refractivity contribution in [2.45, 2.75) is 17.3 Å². The Labute approximate surface area is 116 Å². The molecule has 0 aliphatic carbocycles. The van der Waals surface area contributed by atoms with E-state index in [1.807, 2.05) is 0 Å². The third-order valence-corrected chi connectivity index (χ3v) is 3.79. The van der Waals surface area contributed by atoms with E-state index in [0.717, 1.165) is 6.20 Å². The molecule has 1 atom stereocenters. The molecule has 1 N–H and O–H groups in total. The molecule has 0 aromatic carbocycles. The van der Waals surface area contributed by atoms with E-state index in [-0.39, 0.29) is 30.5 Å². The van der Waals surface area contributed by atoms with Crippen molar-refractivity contribution < 1.29 is 14.2 Å². The van der Waals surface area contributed by atoms with E-state index >= 15 is 0 Å². The zero-order chi connectivity index (χ0) is 14.5. The van der Waals surface area contributed by atoms with Crippen LogP contribution in [0.25, 0.3) is 0 Å². The maximum Gasteiger partial charge on any atom is 0.342 e. The van der Waals surface area contributed by atoms with Crippen molar-refractivity contribution in [3.05, 3.63) is 46.5 Å². The number of nitro groups is 1. The lowest BCUT2D eigenvalue weighted by molar-refractivity contribution is -0.392. The standard InChI is InChI=1S/C11H12N4O4S/c16-6-5-14-9(13-7-11(14)15(17)18)8-20(19)10-3-1-2-4-12-10/h1-4,7,16H,5-6,8H2. The van der Waals surface area contributed by atoms with Crippen LogP contribution in [0.4, 0.5) is 5.82 Å².